The van der Waals surface area contributed by atoms with Crippen LogP contribution in [0.4, 0.5) is 17.1 Å². The highest BCUT2D eigenvalue weighted by Crippen LogP contribution is 2.35. The quantitative estimate of drug-likeness (QED) is 0.457. The number of hydrogen-bond acceptors (Lipinski definition) is 3. The van der Waals surface area contributed by atoms with Crippen LogP contribution in [0.1, 0.15) is 12.5 Å². The lowest BCUT2D eigenvalue weighted by Crippen LogP contribution is -2.16. The minimum atomic E-state index is -0.997. The van der Waals surface area contributed by atoms with Gasteiger partial charge in [0.05, 0.1) is 0 Å². The van der Waals surface area contributed by atoms with Gasteiger partial charge in [-0.3, -0.25) is 0 Å². The number of aliphatic hydroxyl groups excluding tert-OH is 1. The maximum atomic E-state index is 9.81. The van der Waals surface area contributed by atoms with Gasteiger partial charge in [0.25, 0.3) is 0 Å². The van der Waals surface area contributed by atoms with Gasteiger partial charge in [-0.1, -0.05) is 42.5 Å². The van der Waals surface area contributed by atoms with Crippen LogP contribution in [-0.2, 0) is 0 Å². The maximum absolute atomic E-state index is 9.81. The second-order valence-electron chi connectivity index (χ2n) is 6.32. The van der Waals surface area contributed by atoms with Crippen molar-refractivity contribution < 1.29 is 9.84 Å². The number of hydrogen-bond donors (Lipinski definition) is 1. The van der Waals surface area contributed by atoms with Gasteiger partial charge in [0.1, 0.15) is 5.75 Å². The molecule has 26 heavy (non-hydrogen) atoms. The predicted molar refractivity (Wildman–Crippen MR) is 107 cm³/mol. The maximum Gasteiger partial charge on any atom is 0.219 e. The van der Waals surface area contributed by atoms with Crippen LogP contribution < -0.4 is 9.64 Å². The van der Waals surface area contributed by atoms with Crippen LogP contribution in [0.3, 0.4) is 0 Å². The predicted octanol–water partition coefficient (Wildman–Crippen LogP) is 5.74. The topological polar surface area (TPSA) is 32.7 Å². The van der Waals surface area contributed by atoms with Gasteiger partial charge in [0, 0.05) is 17.1 Å². The molecule has 3 rings (SSSR count). The molecule has 3 aromatic rings. The molecular weight excluding hydrogens is 322 g/mol. The smallest absolute Gasteiger partial charge is 0.219 e. The fourth-order valence-corrected chi connectivity index (χ4v) is 2.62. The molecule has 0 radical (unpaired) electrons. The summed E-state index contributed by atoms with van der Waals surface area (Å²) in [6, 6.07) is 26.3. The number of aryl methyl sites for hydroxylation is 1. The molecule has 0 spiro atoms. The van der Waals surface area contributed by atoms with E-state index in [1.54, 1.807) is 6.92 Å². The van der Waals surface area contributed by atoms with Crippen molar-refractivity contribution in [1.29, 1.82) is 0 Å². The highest BCUT2D eigenvalue weighted by atomic mass is 16.6. The average molecular weight is 345 g/mol. The molecule has 3 nitrogen and oxygen atoms in total. The zero-order chi connectivity index (χ0) is 18.5. The zero-order valence-corrected chi connectivity index (χ0v) is 15.1. The Bertz CT molecular complexity index is 855. The van der Waals surface area contributed by atoms with Crippen molar-refractivity contribution in [3.63, 3.8) is 0 Å². The van der Waals surface area contributed by atoms with Gasteiger partial charge in [-0.25, -0.2) is 0 Å². The standard InChI is InChI=1S/C23H23NO2/c1-17(2)23(25)26-22-15-13-21(14-16-22)24(19-7-5-4-6-8-19)20-11-9-18(3)10-12-20/h4-16,23,25H,1H2,2-3H3. The van der Waals surface area contributed by atoms with Crippen molar-refractivity contribution in [2.75, 3.05) is 4.90 Å². The van der Waals surface area contributed by atoms with Gasteiger partial charge in [0.2, 0.25) is 6.29 Å². The summed E-state index contributed by atoms with van der Waals surface area (Å²) in [5.74, 6) is 0.598. The molecule has 0 aromatic heterocycles. The first-order chi connectivity index (χ1) is 12.5. The molecule has 1 atom stereocenters. The zero-order valence-electron chi connectivity index (χ0n) is 15.1. The Morgan fingerprint density at radius 1 is 0.846 bits per heavy atom. The molecule has 0 saturated carbocycles. The number of para-hydroxylation sites is 1. The van der Waals surface area contributed by atoms with E-state index in [-0.39, 0.29) is 0 Å². The van der Waals surface area contributed by atoms with E-state index in [1.807, 2.05) is 42.5 Å². The second kappa shape index (κ2) is 7.89. The molecule has 0 saturated heterocycles. The number of ether oxygens (including phenoxy) is 1. The van der Waals surface area contributed by atoms with Gasteiger partial charge in [-0.2, -0.15) is 0 Å². The van der Waals surface area contributed by atoms with Gasteiger partial charge < -0.3 is 14.7 Å². The Balaban J connectivity index is 1.94. The van der Waals surface area contributed by atoms with Crippen molar-refractivity contribution in [3.8, 4) is 5.75 Å². The van der Waals surface area contributed by atoms with Crippen molar-refractivity contribution in [1.82, 2.24) is 0 Å². The van der Waals surface area contributed by atoms with Crippen molar-refractivity contribution in [2.45, 2.75) is 20.1 Å². The SMILES string of the molecule is C=C(C)C(O)Oc1ccc(N(c2ccccc2)c2ccc(C)cc2)cc1. The Morgan fingerprint density at radius 3 is 1.88 bits per heavy atom. The van der Waals surface area contributed by atoms with E-state index in [0.29, 0.717) is 11.3 Å². The molecule has 0 aliphatic heterocycles. The Hall–Kier alpha value is -3.04. The third kappa shape index (κ3) is 4.13. The molecule has 0 aliphatic carbocycles. The molecule has 0 heterocycles. The monoisotopic (exact) mass is 345 g/mol. The lowest BCUT2D eigenvalue weighted by molar-refractivity contribution is 0.0151. The summed E-state index contributed by atoms with van der Waals surface area (Å²) in [4.78, 5) is 2.18. The minimum Gasteiger partial charge on any atom is -0.461 e. The number of aliphatic hydroxyl groups is 1. The summed E-state index contributed by atoms with van der Waals surface area (Å²) in [5, 5.41) is 9.81. The van der Waals surface area contributed by atoms with E-state index < -0.39 is 6.29 Å². The summed E-state index contributed by atoms with van der Waals surface area (Å²) >= 11 is 0. The first kappa shape index (κ1) is 17.8. The fraction of sp³-hybridized carbons (Fsp3) is 0.130. The van der Waals surface area contributed by atoms with Gasteiger partial charge in [0.15, 0.2) is 0 Å². The summed E-state index contributed by atoms with van der Waals surface area (Å²) in [5.41, 5.74) is 4.96. The van der Waals surface area contributed by atoms with E-state index in [9.17, 15) is 5.11 Å². The Kier molecular flexibility index (Phi) is 5.40. The highest BCUT2D eigenvalue weighted by Gasteiger charge is 2.13. The fourth-order valence-electron chi connectivity index (χ4n) is 2.62. The summed E-state index contributed by atoms with van der Waals surface area (Å²) in [7, 11) is 0. The van der Waals surface area contributed by atoms with Crippen molar-refractivity contribution in [3.05, 3.63) is 96.6 Å². The van der Waals surface area contributed by atoms with Crippen LogP contribution in [0.2, 0.25) is 0 Å². The van der Waals surface area contributed by atoms with Gasteiger partial charge >= 0.3 is 0 Å². The van der Waals surface area contributed by atoms with E-state index in [1.165, 1.54) is 5.56 Å². The average Bonchev–Trinajstić information content (AvgIpc) is 2.66. The number of rotatable bonds is 6. The Labute approximate surface area is 154 Å². The second-order valence-corrected chi connectivity index (χ2v) is 6.32. The molecule has 0 bridgehead atoms. The molecule has 1 N–H and O–H groups in total. The highest BCUT2D eigenvalue weighted by molar-refractivity contribution is 5.76. The number of nitrogens with zero attached hydrogens (tertiary/aromatic N) is 1. The van der Waals surface area contributed by atoms with Gasteiger partial charge in [-0.15, -0.1) is 0 Å². The van der Waals surface area contributed by atoms with Gasteiger partial charge in [-0.05, 0) is 68.0 Å². The lowest BCUT2D eigenvalue weighted by atomic mass is 10.1. The van der Waals surface area contributed by atoms with Crippen LogP contribution in [0.5, 0.6) is 5.75 Å². The molecule has 0 amide bonds. The van der Waals surface area contributed by atoms with Crippen molar-refractivity contribution >= 4 is 17.1 Å². The van der Waals surface area contributed by atoms with Crippen LogP contribution in [-0.4, -0.2) is 11.4 Å². The first-order valence-corrected chi connectivity index (χ1v) is 8.56. The third-order valence-corrected chi connectivity index (χ3v) is 4.07. The summed E-state index contributed by atoms with van der Waals surface area (Å²) in [6.07, 6.45) is -0.997. The lowest BCUT2D eigenvalue weighted by Gasteiger charge is -2.26. The largest absolute Gasteiger partial charge is 0.461 e. The molecule has 0 aliphatic rings. The van der Waals surface area contributed by atoms with Crippen molar-refractivity contribution in [2.24, 2.45) is 0 Å². The molecule has 1 unspecified atom stereocenters. The van der Waals surface area contributed by atoms with E-state index in [2.05, 4.69) is 54.8 Å². The molecule has 0 fully saturated rings. The minimum absolute atomic E-state index is 0.569. The summed E-state index contributed by atoms with van der Waals surface area (Å²) in [6.45, 7) is 7.51. The van der Waals surface area contributed by atoms with Crippen LogP contribution >= 0.6 is 0 Å². The molecule has 3 heteroatoms. The van der Waals surface area contributed by atoms with E-state index in [4.69, 9.17) is 4.74 Å². The molecule has 132 valence electrons. The Morgan fingerprint density at radius 2 is 1.35 bits per heavy atom. The van der Waals surface area contributed by atoms with E-state index >= 15 is 0 Å². The van der Waals surface area contributed by atoms with E-state index in [0.717, 1.165) is 17.1 Å². The van der Waals surface area contributed by atoms with Crippen LogP contribution in [0.15, 0.2) is 91.0 Å². The molecular formula is C23H23NO2. The number of benzene rings is 3. The number of anilines is 3. The summed E-state index contributed by atoms with van der Waals surface area (Å²) < 4.78 is 5.48. The third-order valence-electron chi connectivity index (χ3n) is 4.07. The normalized spacial score (nSPS) is 11.7. The first-order valence-electron chi connectivity index (χ1n) is 8.56. The van der Waals surface area contributed by atoms with Crippen LogP contribution in [0.25, 0.3) is 0 Å². The molecule has 3 aromatic carbocycles. The van der Waals surface area contributed by atoms with Crippen LogP contribution in [0, 0.1) is 6.92 Å².